The molecule has 0 bridgehead atoms. The molecule has 0 N–H and O–H groups in total. The van der Waals surface area contributed by atoms with Crippen molar-refractivity contribution < 1.29 is 19.1 Å². The summed E-state index contributed by atoms with van der Waals surface area (Å²) in [5, 5.41) is 0. The van der Waals surface area contributed by atoms with Gasteiger partial charge in [0.05, 0.1) is 18.9 Å². The van der Waals surface area contributed by atoms with Crippen LogP contribution in [0.3, 0.4) is 0 Å². The number of amides is 2. The van der Waals surface area contributed by atoms with Crippen molar-refractivity contribution in [2.24, 2.45) is 0 Å². The molecule has 0 radical (unpaired) electrons. The molecular weight excluding hydrogens is 222 g/mol. The number of ether oxygens (including phenoxy) is 2. The molecule has 1 saturated heterocycles. The normalized spacial score (nSPS) is 21.0. The van der Waals surface area contributed by atoms with E-state index in [1.54, 1.807) is 24.3 Å². The summed E-state index contributed by atoms with van der Waals surface area (Å²) < 4.78 is 10.9. The number of imide groups is 1. The van der Waals surface area contributed by atoms with Gasteiger partial charge in [0.1, 0.15) is 0 Å². The zero-order valence-corrected chi connectivity index (χ0v) is 9.30. The van der Waals surface area contributed by atoms with Crippen molar-refractivity contribution in [2.45, 2.75) is 12.7 Å². The highest BCUT2D eigenvalue weighted by Gasteiger charge is 2.57. The first-order valence-corrected chi connectivity index (χ1v) is 5.39. The van der Waals surface area contributed by atoms with Gasteiger partial charge in [-0.2, -0.15) is 0 Å². The third kappa shape index (κ3) is 1.20. The molecule has 5 heteroatoms. The molecule has 2 aliphatic heterocycles. The predicted molar refractivity (Wildman–Crippen MR) is 58.2 cm³/mol. The lowest BCUT2D eigenvalue weighted by atomic mass is 10.1. The molecule has 1 fully saturated rings. The Balaban J connectivity index is 2.22. The van der Waals surface area contributed by atoms with Crippen LogP contribution < -0.4 is 4.90 Å². The van der Waals surface area contributed by atoms with Crippen molar-refractivity contribution in [3.63, 3.8) is 0 Å². The lowest BCUT2D eigenvalue weighted by Gasteiger charge is -2.20. The summed E-state index contributed by atoms with van der Waals surface area (Å²) >= 11 is 0. The van der Waals surface area contributed by atoms with Gasteiger partial charge in [-0.05, 0) is 6.07 Å². The number of anilines is 1. The van der Waals surface area contributed by atoms with Crippen LogP contribution in [0.5, 0.6) is 0 Å². The molecule has 88 valence electrons. The Labute approximate surface area is 97.9 Å². The highest BCUT2D eigenvalue weighted by Crippen LogP contribution is 2.45. The number of para-hydroxylation sites is 1. The van der Waals surface area contributed by atoms with E-state index >= 15 is 0 Å². The third-order valence-corrected chi connectivity index (χ3v) is 2.99. The van der Waals surface area contributed by atoms with Crippen LogP contribution in [0.4, 0.5) is 5.69 Å². The van der Waals surface area contributed by atoms with Gasteiger partial charge in [-0.1, -0.05) is 18.2 Å². The van der Waals surface area contributed by atoms with Crippen LogP contribution in [0.1, 0.15) is 12.5 Å². The van der Waals surface area contributed by atoms with Crippen LogP contribution in [0.25, 0.3) is 0 Å². The number of hydrogen-bond donors (Lipinski definition) is 0. The van der Waals surface area contributed by atoms with Gasteiger partial charge in [0, 0.05) is 12.5 Å². The maximum Gasteiger partial charge on any atom is 0.299 e. The first kappa shape index (κ1) is 10.4. The van der Waals surface area contributed by atoms with Gasteiger partial charge in [0.2, 0.25) is 5.91 Å². The molecule has 0 aliphatic carbocycles. The van der Waals surface area contributed by atoms with Crippen molar-refractivity contribution >= 4 is 17.5 Å². The molecule has 0 unspecified atom stereocenters. The Hall–Kier alpha value is -1.72. The number of hydrogen-bond acceptors (Lipinski definition) is 4. The van der Waals surface area contributed by atoms with Gasteiger partial charge in [0.15, 0.2) is 0 Å². The largest absolute Gasteiger partial charge is 0.336 e. The van der Waals surface area contributed by atoms with E-state index in [-0.39, 0.29) is 5.91 Å². The molecular formula is C12H11NO4. The standard InChI is InChI=1S/C12H11NO4/c1-8(14)13-10-5-3-2-4-9(10)12(11(13)15)16-6-7-17-12/h2-5H,6-7H2,1H3. The molecule has 0 atom stereocenters. The molecule has 1 aromatic rings. The summed E-state index contributed by atoms with van der Waals surface area (Å²) in [4.78, 5) is 24.9. The van der Waals surface area contributed by atoms with Crippen molar-refractivity contribution in [2.75, 3.05) is 18.1 Å². The Morgan fingerprint density at radius 1 is 1.29 bits per heavy atom. The van der Waals surface area contributed by atoms with Gasteiger partial charge in [-0.25, -0.2) is 4.90 Å². The molecule has 2 heterocycles. The van der Waals surface area contributed by atoms with Gasteiger partial charge in [0.25, 0.3) is 11.7 Å². The van der Waals surface area contributed by atoms with Crippen LogP contribution in [0.2, 0.25) is 0 Å². The Kier molecular flexibility index (Phi) is 2.08. The molecule has 17 heavy (non-hydrogen) atoms. The van der Waals surface area contributed by atoms with E-state index in [4.69, 9.17) is 9.47 Å². The SMILES string of the molecule is CC(=O)N1C(=O)C2(OCCO2)c2ccccc21. The maximum absolute atomic E-state index is 12.3. The van der Waals surface area contributed by atoms with E-state index in [1.807, 2.05) is 0 Å². The van der Waals surface area contributed by atoms with Crippen LogP contribution in [0.15, 0.2) is 24.3 Å². The highest BCUT2D eigenvalue weighted by molar-refractivity contribution is 6.21. The average Bonchev–Trinajstić information content (AvgIpc) is 2.87. The second-order valence-electron chi connectivity index (χ2n) is 3.99. The highest BCUT2D eigenvalue weighted by atomic mass is 16.7. The molecule has 0 saturated carbocycles. The van der Waals surface area contributed by atoms with Crippen molar-refractivity contribution in [1.82, 2.24) is 0 Å². The fraction of sp³-hybridized carbons (Fsp3) is 0.333. The molecule has 1 aromatic carbocycles. The number of fused-ring (bicyclic) bond motifs is 2. The molecule has 0 aromatic heterocycles. The smallest absolute Gasteiger partial charge is 0.299 e. The van der Waals surface area contributed by atoms with Gasteiger partial charge >= 0.3 is 0 Å². The summed E-state index contributed by atoms with van der Waals surface area (Å²) in [6.07, 6.45) is 0. The first-order valence-electron chi connectivity index (χ1n) is 5.39. The quantitative estimate of drug-likeness (QED) is 0.664. The van der Waals surface area contributed by atoms with E-state index in [0.29, 0.717) is 24.5 Å². The minimum absolute atomic E-state index is 0.335. The maximum atomic E-state index is 12.3. The number of benzene rings is 1. The average molecular weight is 233 g/mol. The zero-order valence-electron chi connectivity index (χ0n) is 9.30. The minimum atomic E-state index is -1.40. The molecule has 5 nitrogen and oxygen atoms in total. The predicted octanol–water partition coefficient (Wildman–Crippen LogP) is 0.779. The van der Waals surface area contributed by atoms with Crippen molar-refractivity contribution in [3.8, 4) is 0 Å². The monoisotopic (exact) mass is 233 g/mol. The molecule has 2 aliphatic rings. The lowest BCUT2D eigenvalue weighted by Crippen LogP contribution is -2.43. The zero-order chi connectivity index (χ0) is 12.0. The number of nitrogens with zero attached hydrogens (tertiary/aromatic N) is 1. The molecule has 1 spiro atoms. The molecule has 2 amide bonds. The Bertz CT molecular complexity index is 505. The van der Waals surface area contributed by atoms with E-state index < -0.39 is 11.7 Å². The number of rotatable bonds is 0. The van der Waals surface area contributed by atoms with E-state index in [2.05, 4.69) is 0 Å². The topological polar surface area (TPSA) is 55.8 Å². The number of carbonyl (C=O) groups is 2. The van der Waals surface area contributed by atoms with Crippen LogP contribution in [0, 0.1) is 0 Å². The van der Waals surface area contributed by atoms with Gasteiger partial charge < -0.3 is 9.47 Å². The van der Waals surface area contributed by atoms with E-state index in [1.165, 1.54) is 6.92 Å². The summed E-state index contributed by atoms with van der Waals surface area (Å²) in [6, 6.07) is 7.04. The summed E-state index contributed by atoms with van der Waals surface area (Å²) in [6.45, 7) is 2.06. The Morgan fingerprint density at radius 3 is 2.59 bits per heavy atom. The van der Waals surface area contributed by atoms with Crippen LogP contribution in [-0.4, -0.2) is 25.0 Å². The van der Waals surface area contributed by atoms with E-state index in [0.717, 1.165) is 4.90 Å². The third-order valence-electron chi connectivity index (χ3n) is 2.99. The second-order valence-corrected chi connectivity index (χ2v) is 3.99. The fourth-order valence-electron chi connectivity index (χ4n) is 2.32. The minimum Gasteiger partial charge on any atom is -0.336 e. The first-order chi connectivity index (χ1) is 8.17. The second kappa shape index (κ2) is 3.38. The van der Waals surface area contributed by atoms with Crippen LogP contribution in [-0.2, 0) is 24.8 Å². The summed E-state index contributed by atoms with van der Waals surface area (Å²) in [7, 11) is 0. The molecule has 3 rings (SSSR count). The van der Waals surface area contributed by atoms with Crippen LogP contribution >= 0.6 is 0 Å². The van der Waals surface area contributed by atoms with Gasteiger partial charge in [-0.3, -0.25) is 9.59 Å². The summed E-state index contributed by atoms with van der Waals surface area (Å²) in [5.41, 5.74) is 1.16. The lowest BCUT2D eigenvalue weighted by molar-refractivity contribution is -0.181. The van der Waals surface area contributed by atoms with Crippen molar-refractivity contribution in [3.05, 3.63) is 29.8 Å². The summed E-state index contributed by atoms with van der Waals surface area (Å²) in [5.74, 6) is -2.19. The number of carbonyl (C=O) groups excluding carboxylic acids is 2. The Morgan fingerprint density at radius 2 is 1.94 bits per heavy atom. The van der Waals surface area contributed by atoms with E-state index in [9.17, 15) is 9.59 Å². The fourth-order valence-corrected chi connectivity index (χ4v) is 2.32. The van der Waals surface area contributed by atoms with Crippen molar-refractivity contribution in [1.29, 1.82) is 0 Å². The van der Waals surface area contributed by atoms with Gasteiger partial charge in [-0.15, -0.1) is 0 Å².